The molecule has 0 radical (unpaired) electrons. The van der Waals surface area contributed by atoms with Gasteiger partial charge in [0, 0.05) is 18.7 Å². The Bertz CT molecular complexity index is 608. The number of aliphatic hydroxyl groups is 1. The molecule has 1 saturated carbocycles. The summed E-state index contributed by atoms with van der Waals surface area (Å²) in [7, 11) is 1.26. The van der Waals surface area contributed by atoms with Gasteiger partial charge in [0.15, 0.2) is 0 Å². The van der Waals surface area contributed by atoms with E-state index in [-0.39, 0.29) is 12.2 Å². The maximum atomic E-state index is 11.2. The van der Waals surface area contributed by atoms with Gasteiger partial charge in [0.2, 0.25) is 0 Å². The Morgan fingerprint density at radius 2 is 2.27 bits per heavy atom. The summed E-state index contributed by atoms with van der Waals surface area (Å²) in [6, 6.07) is 4.59. The van der Waals surface area contributed by atoms with Crippen LogP contribution in [0.3, 0.4) is 0 Å². The Morgan fingerprint density at radius 3 is 2.82 bits per heavy atom. The topological polar surface area (TPSA) is 102 Å². The van der Waals surface area contributed by atoms with Crippen molar-refractivity contribution in [1.82, 2.24) is 0 Å². The van der Waals surface area contributed by atoms with E-state index in [2.05, 4.69) is 10.1 Å². The molecule has 1 aromatic carbocycles. The molecule has 7 nitrogen and oxygen atoms in total. The summed E-state index contributed by atoms with van der Waals surface area (Å²) < 4.78 is 4.47. The van der Waals surface area contributed by atoms with Crippen LogP contribution in [0.5, 0.6) is 0 Å². The van der Waals surface area contributed by atoms with Crippen molar-refractivity contribution in [2.45, 2.75) is 24.9 Å². The average molecular weight is 306 g/mol. The van der Waals surface area contributed by atoms with Crippen molar-refractivity contribution in [2.24, 2.45) is 0 Å². The summed E-state index contributed by atoms with van der Waals surface area (Å²) in [5.74, 6) is -0.530. The van der Waals surface area contributed by atoms with Crippen molar-refractivity contribution in [2.75, 3.05) is 19.0 Å². The molecule has 1 aromatic rings. The van der Waals surface area contributed by atoms with Crippen LogP contribution >= 0.6 is 0 Å². The molecule has 7 heteroatoms. The summed E-state index contributed by atoms with van der Waals surface area (Å²) >= 11 is 0. The number of esters is 1. The van der Waals surface area contributed by atoms with Crippen LogP contribution in [0.4, 0.5) is 11.4 Å². The molecular formula is C15H18N2O5. The van der Waals surface area contributed by atoms with Gasteiger partial charge in [-0.1, -0.05) is 6.07 Å². The highest BCUT2D eigenvalue weighted by Crippen LogP contribution is 2.33. The lowest BCUT2D eigenvalue weighted by Gasteiger charge is -2.36. The maximum absolute atomic E-state index is 11.2. The molecule has 0 atom stereocenters. The summed E-state index contributed by atoms with van der Waals surface area (Å²) in [4.78, 5) is 21.7. The summed E-state index contributed by atoms with van der Waals surface area (Å²) in [5.41, 5.74) is -0.00220. The zero-order chi connectivity index (χ0) is 16.2. The molecular weight excluding hydrogens is 288 g/mol. The van der Waals surface area contributed by atoms with Gasteiger partial charge in [-0.25, -0.2) is 4.79 Å². The van der Waals surface area contributed by atoms with Crippen LogP contribution < -0.4 is 5.32 Å². The van der Waals surface area contributed by atoms with Gasteiger partial charge in [-0.05, 0) is 37.0 Å². The Kier molecular flexibility index (Phi) is 4.77. The highest BCUT2D eigenvalue weighted by Gasteiger charge is 2.34. The van der Waals surface area contributed by atoms with E-state index in [1.807, 2.05) is 0 Å². The van der Waals surface area contributed by atoms with Gasteiger partial charge in [-0.15, -0.1) is 0 Å². The number of carbonyl (C=O) groups is 1. The first kappa shape index (κ1) is 16.0. The minimum absolute atomic E-state index is 0.102. The van der Waals surface area contributed by atoms with Crippen molar-refractivity contribution >= 4 is 23.4 Å². The predicted molar refractivity (Wildman–Crippen MR) is 81.4 cm³/mol. The van der Waals surface area contributed by atoms with E-state index in [9.17, 15) is 20.0 Å². The van der Waals surface area contributed by atoms with E-state index < -0.39 is 16.5 Å². The van der Waals surface area contributed by atoms with Crippen LogP contribution in [-0.4, -0.2) is 35.3 Å². The van der Waals surface area contributed by atoms with Gasteiger partial charge >= 0.3 is 5.97 Å². The molecule has 0 saturated heterocycles. The van der Waals surface area contributed by atoms with E-state index in [0.29, 0.717) is 24.1 Å². The first-order valence-corrected chi connectivity index (χ1v) is 6.94. The molecule has 22 heavy (non-hydrogen) atoms. The van der Waals surface area contributed by atoms with Crippen molar-refractivity contribution in [1.29, 1.82) is 0 Å². The van der Waals surface area contributed by atoms with Gasteiger partial charge in [0.1, 0.15) is 5.69 Å². The average Bonchev–Trinajstić information content (AvgIpc) is 2.48. The van der Waals surface area contributed by atoms with E-state index in [1.54, 1.807) is 12.1 Å². The van der Waals surface area contributed by atoms with Gasteiger partial charge in [-0.3, -0.25) is 10.1 Å². The number of nitro benzene ring substituents is 1. The number of hydrogen-bond donors (Lipinski definition) is 2. The fourth-order valence-electron chi connectivity index (χ4n) is 2.21. The molecule has 0 spiro atoms. The van der Waals surface area contributed by atoms with Crippen LogP contribution in [0.25, 0.3) is 6.08 Å². The highest BCUT2D eigenvalue weighted by atomic mass is 16.6. The molecule has 118 valence electrons. The number of anilines is 1. The third-order valence-electron chi connectivity index (χ3n) is 3.72. The molecule has 0 unspecified atom stereocenters. The summed E-state index contributed by atoms with van der Waals surface area (Å²) in [6.45, 7) is 0.283. The summed E-state index contributed by atoms with van der Waals surface area (Å²) in [5, 5.41) is 24.1. The van der Waals surface area contributed by atoms with Crippen LogP contribution in [0.15, 0.2) is 24.3 Å². The van der Waals surface area contributed by atoms with Crippen LogP contribution in [0, 0.1) is 10.1 Å². The highest BCUT2D eigenvalue weighted by molar-refractivity contribution is 5.87. The predicted octanol–water partition coefficient (Wildman–Crippen LogP) is 2.11. The number of nitrogens with zero attached hydrogens (tertiary/aromatic N) is 1. The Morgan fingerprint density at radius 1 is 1.55 bits per heavy atom. The number of nitro groups is 1. The number of hydrogen-bond acceptors (Lipinski definition) is 6. The molecule has 2 N–H and O–H groups in total. The molecule has 1 aliphatic carbocycles. The van der Waals surface area contributed by atoms with Crippen LogP contribution in [-0.2, 0) is 9.53 Å². The second kappa shape index (κ2) is 6.57. The number of nitrogens with one attached hydrogen (secondary N) is 1. The van der Waals surface area contributed by atoms with Crippen molar-refractivity contribution < 1.29 is 19.6 Å². The SMILES string of the molecule is COC(=O)/C=C/c1ccc(NCC2(O)CCC2)c([N+](=O)[O-])c1. The number of methoxy groups -OCH3 is 1. The van der Waals surface area contributed by atoms with Crippen molar-refractivity contribution in [3.63, 3.8) is 0 Å². The lowest BCUT2D eigenvalue weighted by atomic mass is 9.80. The number of carbonyl (C=O) groups excluding carboxylic acids is 1. The zero-order valence-electron chi connectivity index (χ0n) is 12.2. The lowest BCUT2D eigenvalue weighted by Crippen LogP contribution is -2.43. The van der Waals surface area contributed by atoms with Gasteiger partial charge in [-0.2, -0.15) is 0 Å². The van der Waals surface area contributed by atoms with Crippen molar-refractivity contribution in [3.8, 4) is 0 Å². The molecule has 1 fully saturated rings. The molecule has 0 amide bonds. The second-order valence-corrected chi connectivity index (χ2v) is 5.32. The molecule has 0 aliphatic heterocycles. The standard InChI is InChI=1S/C15H18N2O5/c1-22-14(18)6-4-11-3-5-12(13(9-11)17(20)21)16-10-15(19)7-2-8-15/h3-6,9,16,19H,2,7-8,10H2,1H3/b6-4+. The maximum Gasteiger partial charge on any atom is 0.330 e. The Hall–Kier alpha value is -2.41. The first-order chi connectivity index (χ1) is 10.4. The minimum atomic E-state index is -0.767. The van der Waals surface area contributed by atoms with Crippen LogP contribution in [0.1, 0.15) is 24.8 Å². The number of benzene rings is 1. The van der Waals surface area contributed by atoms with E-state index >= 15 is 0 Å². The molecule has 0 heterocycles. The first-order valence-electron chi connectivity index (χ1n) is 6.94. The quantitative estimate of drug-likeness (QED) is 0.361. The second-order valence-electron chi connectivity index (χ2n) is 5.32. The van der Waals surface area contributed by atoms with E-state index in [4.69, 9.17) is 0 Å². The molecule has 1 aliphatic rings. The van der Waals surface area contributed by atoms with E-state index in [0.717, 1.165) is 6.42 Å². The third kappa shape index (κ3) is 3.82. The smallest absolute Gasteiger partial charge is 0.330 e. The Balaban J connectivity index is 2.14. The zero-order valence-corrected chi connectivity index (χ0v) is 12.2. The summed E-state index contributed by atoms with van der Waals surface area (Å²) in [6.07, 6.45) is 5.02. The lowest BCUT2D eigenvalue weighted by molar-refractivity contribution is -0.384. The monoisotopic (exact) mass is 306 g/mol. The molecule has 0 aromatic heterocycles. The number of ether oxygens (including phenoxy) is 1. The third-order valence-corrected chi connectivity index (χ3v) is 3.72. The van der Waals surface area contributed by atoms with Gasteiger partial charge in [0.05, 0.1) is 17.6 Å². The van der Waals surface area contributed by atoms with Gasteiger partial charge < -0.3 is 15.2 Å². The fourth-order valence-corrected chi connectivity index (χ4v) is 2.21. The Labute approximate surface area is 127 Å². The van der Waals surface area contributed by atoms with E-state index in [1.165, 1.54) is 25.3 Å². The normalized spacial score (nSPS) is 16.1. The molecule has 0 bridgehead atoms. The minimum Gasteiger partial charge on any atom is -0.466 e. The van der Waals surface area contributed by atoms with Crippen molar-refractivity contribution in [3.05, 3.63) is 40.0 Å². The number of rotatable bonds is 6. The fraction of sp³-hybridized carbons (Fsp3) is 0.400. The molecule has 2 rings (SSSR count). The largest absolute Gasteiger partial charge is 0.466 e. The van der Waals surface area contributed by atoms with Crippen LogP contribution in [0.2, 0.25) is 0 Å². The van der Waals surface area contributed by atoms with Gasteiger partial charge in [0.25, 0.3) is 5.69 Å².